The van der Waals surface area contributed by atoms with E-state index >= 15 is 0 Å². The smallest absolute Gasteiger partial charge is 0.432 e. The van der Waals surface area contributed by atoms with Gasteiger partial charge in [0.15, 0.2) is 0 Å². The molecule has 1 aliphatic heterocycles. The van der Waals surface area contributed by atoms with Gasteiger partial charge in [-0.2, -0.15) is 0 Å². The fraction of sp³-hybridized carbons (Fsp3) is 0.0833. The summed E-state index contributed by atoms with van der Waals surface area (Å²) in [7, 11) is -0.750. The fourth-order valence-corrected chi connectivity index (χ4v) is 3.80. The maximum absolute atomic E-state index is 13.1. The van der Waals surface area contributed by atoms with Crippen molar-refractivity contribution in [1.82, 2.24) is 4.90 Å². The molecule has 4 rings (SSSR count). The van der Waals surface area contributed by atoms with Crippen LogP contribution in [0.25, 0.3) is 6.08 Å². The molecule has 1 saturated heterocycles. The highest BCUT2D eigenvalue weighted by atomic mass is 32.2. The van der Waals surface area contributed by atoms with E-state index in [0.717, 1.165) is 28.6 Å². The van der Waals surface area contributed by atoms with Crippen LogP contribution >= 0.6 is 11.8 Å². The molecule has 0 aromatic heterocycles. The van der Waals surface area contributed by atoms with E-state index in [1.54, 1.807) is 18.2 Å². The predicted octanol–water partition coefficient (Wildman–Crippen LogP) is 3.88. The lowest BCUT2D eigenvalue weighted by Gasteiger charge is -2.12. The number of hydrogen-bond acceptors (Lipinski definition) is 6. The van der Waals surface area contributed by atoms with Crippen LogP contribution in [0.1, 0.15) is 16.7 Å². The summed E-state index contributed by atoms with van der Waals surface area (Å²) < 4.78 is 18.8. The molecule has 0 saturated carbocycles. The van der Waals surface area contributed by atoms with Crippen LogP contribution in [0.5, 0.6) is 5.75 Å². The summed E-state index contributed by atoms with van der Waals surface area (Å²) in [6.07, 6.45) is 1.69. The van der Waals surface area contributed by atoms with Crippen LogP contribution in [-0.4, -0.2) is 33.8 Å². The maximum atomic E-state index is 13.1. The average Bonchev–Trinajstić information content (AvgIpc) is 3.08. The number of carbonyl (C=O) groups is 2. The highest BCUT2D eigenvalue weighted by molar-refractivity contribution is 8.18. The maximum Gasteiger partial charge on any atom is 0.432 e. The van der Waals surface area contributed by atoms with E-state index in [0.29, 0.717) is 17.1 Å². The average molecular weight is 465 g/mol. The van der Waals surface area contributed by atoms with E-state index < -0.39 is 7.69 Å². The molecular weight excluding hydrogens is 444 g/mol. The van der Waals surface area contributed by atoms with Crippen molar-refractivity contribution in [2.75, 3.05) is 0 Å². The second kappa shape index (κ2) is 12.0. The number of thioether (sulfide) groups is 1. The Bertz CT molecular complexity index is 1110. The molecule has 0 radical (unpaired) electrons. The van der Waals surface area contributed by atoms with Crippen molar-refractivity contribution in [2.45, 2.75) is 13.2 Å². The van der Waals surface area contributed by atoms with Gasteiger partial charge in [0, 0.05) is 0 Å². The minimum Gasteiger partial charge on any atom is -0.489 e. The van der Waals surface area contributed by atoms with Crippen molar-refractivity contribution >= 4 is 36.7 Å². The highest BCUT2D eigenvalue weighted by Crippen LogP contribution is 2.33. The summed E-state index contributed by atoms with van der Waals surface area (Å²) in [4.78, 5) is 26.4. The van der Waals surface area contributed by atoms with Crippen molar-refractivity contribution in [3.63, 3.8) is 0 Å². The standard InChI is InChI=1S/C24H18FNO3S.BH3O2/c25-20-10-6-18(7-11-20)15-26-23(27)22(30-24(26)28)14-17-8-12-21(13-9-17)29-16-19-4-2-1-3-5-19;2-1-3/h1-14H,15-16H2;1-3H. The van der Waals surface area contributed by atoms with Crippen molar-refractivity contribution in [2.24, 2.45) is 0 Å². The monoisotopic (exact) mass is 465 g/mol. The Labute approximate surface area is 195 Å². The van der Waals surface area contributed by atoms with E-state index in [4.69, 9.17) is 14.8 Å². The number of imide groups is 1. The van der Waals surface area contributed by atoms with Crippen molar-refractivity contribution in [3.8, 4) is 5.75 Å². The third-order valence-corrected chi connectivity index (χ3v) is 5.46. The normalized spacial score (nSPS) is 14.2. The quantitative estimate of drug-likeness (QED) is 0.425. The van der Waals surface area contributed by atoms with Crippen molar-refractivity contribution < 1.29 is 28.8 Å². The number of nitrogens with zero attached hydrogens (tertiary/aromatic N) is 1. The van der Waals surface area contributed by atoms with E-state index in [1.165, 1.54) is 17.0 Å². The first kappa shape index (κ1) is 24.3. The lowest BCUT2D eigenvalue weighted by atomic mass is 10.2. The Kier molecular flexibility index (Phi) is 8.83. The first-order valence-electron chi connectivity index (χ1n) is 9.98. The second-order valence-corrected chi connectivity index (χ2v) is 7.87. The number of ether oxygens (including phenoxy) is 1. The van der Waals surface area contributed by atoms with E-state index in [2.05, 4.69) is 0 Å². The Morgan fingerprint density at radius 1 is 0.909 bits per heavy atom. The zero-order chi connectivity index (χ0) is 23.6. The summed E-state index contributed by atoms with van der Waals surface area (Å²) in [5, 5.41) is 13.9. The van der Waals surface area contributed by atoms with Gasteiger partial charge in [-0.25, -0.2) is 4.39 Å². The number of hydrogen-bond donors (Lipinski definition) is 2. The van der Waals surface area contributed by atoms with Gasteiger partial charge in [-0.05, 0) is 58.8 Å². The van der Waals surface area contributed by atoms with Crippen molar-refractivity contribution in [1.29, 1.82) is 0 Å². The van der Waals surface area contributed by atoms with Gasteiger partial charge in [-0.15, -0.1) is 0 Å². The van der Waals surface area contributed by atoms with Gasteiger partial charge in [0.2, 0.25) is 0 Å². The van der Waals surface area contributed by atoms with Crippen LogP contribution in [0.3, 0.4) is 0 Å². The molecule has 2 amide bonds. The first-order valence-corrected chi connectivity index (χ1v) is 10.8. The minimum absolute atomic E-state index is 0.120. The molecule has 6 nitrogen and oxygen atoms in total. The fourth-order valence-electron chi connectivity index (χ4n) is 2.96. The Morgan fingerprint density at radius 2 is 1.55 bits per heavy atom. The number of amides is 2. The third kappa shape index (κ3) is 7.05. The summed E-state index contributed by atoms with van der Waals surface area (Å²) in [5.41, 5.74) is 2.57. The molecule has 9 heteroatoms. The van der Waals surface area contributed by atoms with Gasteiger partial charge in [-0.1, -0.05) is 54.6 Å². The number of benzene rings is 3. The van der Waals surface area contributed by atoms with Gasteiger partial charge < -0.3 is 14.8 Å². The van der Waals surface area contributed by atoms with E-state index in [-0.39, 0.29) is 23.5 Å². The number of rotatable bonds is 6. The van der Waals surface area contributed by atoms with Crippen LogP contribution in [0.2, 0.25) is 0 Å². The minimum atomic E-state index is -0.750. The van der Waals surface area contributed by atoms with Gasteiger partial charge in [0.05, 0.1) is 11.4 Å². The van der Waals surface area contributed by atoms with Gasteiger partial charge >= 0.3 is 7.69 Å². The summed E-state index contributed by atoms with van der Waals surface area (Å²) in [5.74, 6) is 0.0168. The molecule has 2 N–H and O–H groups in total. The van der Waals surface area contributed by atoms with Crippen LogP contribution in [-0.2, 0) is 17.9 Å². The SMILES string of the molecule is O=C1SC(=Cc2ccc(OCc3ccccc3)cc2)C(=O)N1Cc1ccc(F)cc1.OBO. The Balaban J connectivity index is 0.000000968. The number of halogens is 1. The molecule has 33 heavy (non-hydrogen) atoms. The van der Waals surface area contributed by atoms with Crippen LogP contribution in [0.15, 0.2) is 83.8 Å². The predicted molar refractivity (Wildman–Crippen MR) is 127 cm³/mol. The molecule has 168 valence electrons. The molecule has 3 aromatic rings. The van der Waals surface area contributed by atoms with E-state index in [1.807, 2.05) is 54.6 Å². The second-order valence-electron chi connectivity index (χ2n) is 6.88. The molecule has 0 aliphatic carbocycles. The molecule has 0 atom stereocenters. The molecule has 1 heterocycles. The summed E-state index contributed by atoms with van der Waals surface area (Å²) in [6, 6.07) is 23.0. The molecule has 0 unspecified atom stereocenters. The summed E-state index contributed by atoms with van der Waals surface area (Å²) >= 11 is 0.904. The van der Waals surface area contributed by atoms with Gasteiger partial charge in [-0.3, -0.25) is 14.5 Å². The van der Waals surface area contributed by atoms with Crippen molar-refractivity contribution in [3.05, 3.63) is 106 Å². The first-order chi connectivity index (χ1) is 16.0. The zero-order valence-electron chi connectivity index (χ0n) is 17.6. The topological polar surface area (TPSA) is 87.1 Å². The molecular formula is C24H21BFNO5S. The van der Waals surface area contributed by atoms with E-state index in [9.17, 15) is 14.0 Å². The molecule has 0 bridgehead atoms. The third-order valence-electron chi connectivity index (χ3n) is 4.55. The Hall–Kier alpha value is -3.40. The Morgan fingerprint density at radius 3 is 2.18 bits per heavy atom. The lowest BCUT2D eigenvalue weighted by molar-refractivity contribution is -0.123. The molecule has 0 spiro atoms. The van der Waals surface area contributed by atoms with Crippen LogP contribution < -0.4 is 4.74 Å². The molecule has 1 aliphatic rings. The van der Waals surface area contributed by atoms with Gasteiger partial charge in [0.25, 0.3) is 11.1 Å². The van der Waals surface area contributed by atoms with Gasteiger partial charge in [0.1, 0.15) is 18.2 Å². The zero-order valence-corrected chi connectivity index (χ0v) is 18.4. The van der Waals surface area contributed by atoms with Crippen LogP contribution in [0.4, 0.5) is 9.18 Å². The number of carbonyl (C=O) groups excluding carboxylic acids is 2. The summed E-state index contributed by atoms with van der Waals surface area (Å²) in [6.45, 7) is 0.594. The lowest BCUT2D eigenvalue weighted by Crippen LogP contribution is -2.27. The molecule has 1 fully saturated rings. The van der Waals surface area contributed by atoms with Crippen LogP contribution in [0, 0.1) is 5.82 Å². The molecule has 3 aromatic carbocycles. The largest absolute Gasteiger partial charge is 0.489 e. The highest BCUT2D eigenvalue weighted by Gasteiger charge is 2.34.